The van der Waals surface area contributed by atoms with E-state index in [-0.39, 0.29) is 242 Å². The molecule has 52 heteroatoms. The maximum Gasteiger partial charge on any atom is 1.00 e. The van der Waals surface area contributed by atoms with Crippen LogP contribution in [-0.4, -0.2) is 184 Å². The minimum Gasteiger partial charge on any atom is -0.726 e. The summed E-state index contributed by atoms with van der Waals surface area (Å²) in [5.74, 6) is -4.31. The fraction of sp³-hybridized carbons (Fsp3) is 1.00. The van der Waals surface area contributed by atoms with Gasteiger partial charge >= 0.3 is 236 Å². The predicted molar refractivity (Wildman–Crippen MR) is 141 cm³/mol. The van der Waals surface area contributed by atoms with E-state index in [1.165, 1.54) is 0 Å². The van der Waals surface area contributed by atoms with Crippen molar-refractivity contribution < 1.29 is 393 Å². The number of hydrogen-bond acceptors (Lipinski definition) is 35. The summed E-state index contributed by atoms with van der Waals surface area (Å²) in [5, 5.41) is 0. The second kappa shape index (κ2) is 33.8. The molecular weight excluding hydrogens is 1160 g/mol. The van der Waals surface area contributed by atoms with Gasteiger partial charge in [-0.3, -0.25) is 33.5 Å². The molecule has 0 aromatic rings. The molecule has 2 fully saturated rings. The minimum atomic E-state index is -6.58. The Morgan fingerprint density at radius 1 is 0.391 bits per heavy atom. The largest absolute Gasteiger partial charge is 1.00 e. The summed E-state index contributed by atoms with van der Waals surface area (Å²) in [6, 6.07) is 0. The second-order valence-electron chi connectivity index (χ2n) is 9.49. The standard InChI is InChI=1S/C12H22O35S8.8Na.H2O/c13-48(14,15)37-1-4-6(43-51(22,23)24)8(45-53(28,29)30)9(46-54(31,32)33)11(40-4)42-12(3-39-50(19,20)21)10(47-55(34,35)36)7(44-52(25,26)27)5(41-12)2-38-49(16,17)18;;;;;;;;;/h4-11H,1-3H2,(H,13,14,15)(H,16,17,18)(H,19,20,21)(H,22,23,24)(H,25,26,27)(H,28,29,30)(H,31,32,33)(H,34,35,36);;;;;;;;;1H2/q;8*+1;/p-8/t4-,5-,6-,7-,8+,9-,10+,11-,12+;;;;;;;;;/m1........./s1. The van der Waals surface area contributed by atoms with Crippen molar-refractivity contribution in [3.8, 4) is 0 Å². The molecule has 2 rings (SSSR count). The van der Waals surface area contributed by atoms with Crippen LogP contribution in [0.15, 0.2) is 0 Å². The second-order valence-corrected chi connectivity index (χ2v) is 17.7. The van der Waals surface area contributed by atoms with Crippen LogP contribution in [-0.2, 0) is 131 Å². The van der Waals surface area contributed by atoms with Gasteiger partial charge in [0.1, 0.15) is 37.1 Å². The molecule has 9 atom stereocenters. The quantitative estimate of drug-likeness (QED) is 0.0585. The Labute approximate surface area is 540 Å². The third kappa shape index (κ3) is 35.2. The van der Waals surface area contributed by atoms with Crippen molar-refractivity contribution in [2.75, 3.05) is 19.8 Å². The molecule has 0 aliphatic carbocycles. The summed E-state index contributed by atoms with van der Waals surface area (Å²) in [7, 11) is -50.8. The first-order valence-electron chi connectivity index (χ1n) is 12.2. The van der Waals surface area contributed by atoms with Crippen molar-refractivity contribution in [2.24, 2.45) is 0 Å². The van der Waals surface area contributed by atoms with Crippen LogP contribution in [0.4, 0.5) is 0 Å². The van der Waals surface area contributed by atoms with Crippen LogP contribution in [0.3, 0.4) is 0 Å². The first-order chi connectivity index (χ1) is 24.2. The SMILES string of the molecule is O.O=S(=O)([O-])OC[C@H]1O[C@@](COS(=O)(=O)[O-])(O[C@H]2O[C@H](COS(=O)(=O)[O-])[C@@H](OS(=O)(=O)[O-])[C@H](OS(=O)(=O)[O-])[C@H]2OS(=O)(=O)[O-])[C@@H](OS(=O)(=O)[O-])[C@@H]1OS(=O)(=O)[O-].[Na+].[Na+].[Na+].[Na+].[Na+].[Na+].[Na+].[Na+]. The molecule has 0 saturated carbocycles. The van der Waals surface area contributed by atoms with Crippen LogP contribution in [0.5, 0.6) is 0 Å². The van der Waals surface area contributed by atoms with Crippen molar-refractivity contribution in [3.05, 3.63) is 0 Å². The molecule has 64 heavy (non-hydrogen) atoms. The maximum absolute atomic E-state index is 11.7. The molecule has 336 valence electrons. The fourth-order valence-corrected chi connectivity index (χ4v) is 7.60. The molecule has 2 aliphatic rings. The van der Waals surface area contributed by atoms with Gasteiger partial charge in [0.25, 0.3) is 0 Å². The van der Waals surface area contributed by atoms with Gasteiger partial charge in [-0.1, -0.05) is 0 Å². The molecule has 0 radical (unpaired) electrons. The van der Waals surface area contributed by atoms with Crippen molar-refractivity contribution in [1.29, 1.82) is 0 Å². The molecule has 0 amide bonds. The Morgan fingerprint density at radius 2 is 0.703 bits per heavy atom. The zero-order valence-corrected chi connectivity index (χ0v) is 55.8. The van der Waals surface area contributed by atoms with E-state index in [1.807, 2.05) is 0 Å². The molecule has 2 aliphatic heterocycles. The first kappa shape index (κ1) is 87.5. The average Bonchev–Trinajstić information content (AvgIpc) is 3.15. The van der Waals surface area contributed by atoms with E-state index in [9.17, 15) is 104 Å². The third-order valence-corrected chi connectivity index (χ3v) is 9.18. The summed E-state index contributed by atoms with van der Waals surface area (Å²) in [5.41, 5.74) is 0. The summed E-state index contributed by atoms with van der Waals surface area (Å²) in [4.78, 5) is 0. The number of hydrogen-bond donors (Lipinski definition) is 0. The molecule has 0 unspecified atom stereocenters. The third-order valence-electron chi connectivity index (χ3n) is 5.65. The van der Waals surface area contributed by atoms with Gasteiger partial charge in [-0.15, -0.1) is 0 Å². The van der Waals surface area contributed by atoms with Crippen molar-refractivity contribution in [2.45, 2.75) is 54.8 Å². The van der Waals surface area contributed by atoms with E-state index in [0.29, 0.717) is 0 Å². The summed E-state index contributed by atoms with van der Waals surface area (Å²) < 4.78 is 320. The summed E-state index contributed by atoms with van der Waals surface area (Å²) in [6.45, 7) is -6.74. The molecule has 2 saturated heterocycles. The van der Waals surface area contributed by atoms with Crippen LogP contribution in [0.25, 0.3) is 0 Å². The van der Waals surface area contributed by atoms with Crippen LogP contribution >= 0.6 is 0 Å². The zero-order valence-electron chi connectivity index (χ0n) is 33.3. The van der Waals surface area contributed by atoms with Crippen LogP contribution in [0.2, 0.25) is 0 Å². The topological polar surface area (TPSA) is 591 Å². The minimum absolute atomic E-state index is 0. The van der Waals surface area contributed by atoms with Gasteiger partial charge < -0.3 is 56.1 Å². The Bertz CT molecular complexity index is 2310. The Balaban J connectivity index is -0.000000581. The van der Waals surface area contributed by atoms with Gasteiger partial charge in [0.05, 0.1) is 13.2 Å². The van der Waals surface area contributed by atoms with E-state index >= 15 is 0 Å². The number of ether oxygens (including phenoxy) is 3. The first-order valence-corrected chi connectivity index (χ1v) is 22.9. The van der Waals surface area contributed by atoms with Crippen LogP contribution in [0.1, 0.15) is 0 Å². The Morgan fingerprint density at radius 3 is 1.05 bits per heavy atom. The molecule has 2 heterocycles. The molecule has 0 spiro atoms. The predicted octanol–water partition coefficient (Wildman–Crippen LogP) is -34.3. The fourth-order valence-electron chi connectivity index (χ4n) is 4.21. The van der Waals surface area contributed by atoms with Gasteiger partial charge in [-0.2, -0.15) is 0 Å². The number of rotatable bonds is 21. The van der Waals surface area contributed by atoms with Gasteiger partial charge in [0, 0.05) is 0 Å². The van der Waals surface area contributed by atoms with E-state index in [0.717, 1.165) is 0 Å². The normalized spacial score (nSPS) is 26.4. The molecule has 0 aromatic carbocycles. The van der Waals surface area contributed by atoms with Crippen molar-refractivity contribution in [3.63, 3.8) is 0 Å². The molecule has 2 N–H and O–H groups in total. The maximum atomic E-state index is 11.7. The Kier molecular flexibility index (Phi) is 46.3. The molecule has 0 bridgehead atoms. The molecule has 36 nitrogen and oxygen atoms in total. The smallest absolute Gasteiger partial charge is 0.726 e. The Hall–Kier alpha value is 6.80. The van der Waals surface area contributed by atoms with Crippen molar-refractivity contribution >= 4 is 83.2 Å². The molecule has 0 aromatic heterocycles. The van der Waals surface area contributed by atoms with Gasteiger partial charge in [0.2, 0.25) is 89.0 Å². The average molecular weight is 1180 g/mol. The van der Waals surface area contributed by atoms with Crippen LogP contribution in [0, 0.1) is 0 Å². The van der Waals surface area contributed by atoms with Crippen molar-refractivity contribution in [1.82, 2.24) is 0 Å². The zero-order chi connectivity index (χ0) is 43.0. The van der Waals surface area contributed by atoms with E-state index in [2.05, 4.69) is 33.5 Å². The van der Waals surface area contributed by atoms with E-state index in [1.54, 1.807) is 0 Å². The van der Waals surface area contributed by atoms with Gasteiger partial charge in [0.15, 0.2) is 18.5 Å². The van der Waals surface area contributed by atoms with Gasteiger partial charge in [-0.05, 0) is 0 Å². The summed E-state index contributed by atoms with van der Waals surface area (Å²) in [6.07, 6.45) is -27.5. The van der Waals surface area contributed by atoms with Gasteiger partial charge in [-0.25, -0.2) is 67.3 Å². The summed E-state index contributed by atoms with van der Waals surface area (Å²) >= 11 is 0. The molecular formula is C12H16Na8O36S8. The van der Waals surface area contributed by atoms with Crippen LogP contribution < -0.4 is 236 Å². The van der Waals surface area contributed by atoms with E-state index in [4.69, 9.17) is 14.2 Å². The monoisotopic (exact) mass is 1180 g/mol. The van der Waals surface area contributed by atoms with E-state index < -0.39 is 158 Å².